The van der Waals surface area contributed by atoms with E-state index in [2.05, 4.69) is 143 Å². The van der Waals surface area contributed by atoms with E-state index in [4.69, 9.17) is 0 Å². The Balaban J connectivity index is 1.14. The largest absolute Gasteiger partial charge is 0.268 e. The maximum absolute atomic E-state index is 15.1. The Kier molecular flexibility index (Phi) is 9.78. The number of hydrogen-bond donors (Lipinski definition) is 0. The van der Waals surface area contributed by atoms with Crippen LogP contribution in [0.4, 0.5) is 11.4 Å². The van der Waals surface area contributed by atoms with Crippen molar-refractivity contribution in [2.24, 2.45) is 0 Å². The maximum Gasteiger partial charge on any atom is 0.266 e. The van der Waals surface area contributed by atoms with E-state index in [0.29, 0.717) is 44.4 Å². The average molecular weight is 1150 g/mol. The quantitative estimate of drug-likeness (QED) is 0.0944. The molecule has 0 fully saturated rings. The molecule has 68 heavy (non-hydrogen) atoms. The van der Waals surface area contributed by atoms with E-state index in [0.717, 1.165) is 105 Å². The molecule has 336 valence electrons. The van der Waals surface area contributed by atoms with Crippen molar-refractivity contribution in [3.63, 3.8) is 0 Å². The highest BCUT2D eigenvalue weighted by atomic mass is 79.9. The Labute approximate surface area is 426 Å². The molecule has 0 N–H and O–H groups in total. The molecule has 10 aromatic carbocycles. The Morgan fingerprint density at radius 2 is 0.559 bits per heavy atom. The van der Waals surface area contributed by atoms with Crippen LogP contribution < -0.4 is 9.80 Å². The van der Waals surface area contributed by atoms with Gasteiger partial charge in [-0.05, 0) is 103 Å². The summed E-state index contributed by atoms with van der Waals surface area (Å²) in [6.45, 7) is 16.7. The molecule has 10 aromatic rings. The van der Waals surface area contributed by atoms with Crippen LogP contribution in [0.25, 0.3) is 75.4 Å². The topological polar surface area (TPSA) is 74.8 Å². The Morgan fingerprint density at radius 3 is 0.779 bits per heavy atom. The highest BCUT2D eigenvalue weighted by molar-refractivity contribution is 9.11. The number of fused-ring (bicyclic) bond motifs is 4. The van der Waals surface area contributed by atoms with Crippen LogP contribution in [0.2, 0.25) is 0 Å². The number of halogens is 4. The third kappa shape index (κ3) is 5.60. The lowest BCUT2D eigenvalue weighted by Gasteiger charge is -2.33. The van der Waals surface area contributed by atoms with E-state index in [1.54, 1.807) is 0 Å². The third-order valence-electron chi connectivity index (χ3n) is 14.7. The summed E-state index contributed by atoms with van der Waals surface area (Å²) >= 11 is 16.0. The fraction of sp³-hybridized carbons (Fsp3) is 0.207. The number of para-hydroxylation sites is 2. The lowest BCUT2D eigenvalue weighted by Crippen LogP contribution is -2.42. The van der Waals surface area contributed by atoms with Crippen molar-refractivity contribution in [3.05, 3.63) is 147 Å². The zero-order valence-electron chi connectivity index (χ0n) is 38.4. The zero-order valence-corrected chi connectivity index (χ0v) is 44.8. The summed E-state index contributed by atoms with van der Waals surface area (Å²) in [6, 6.07) is 28.3. The van der Waals surface area contributed by atoms with Gasteiger partial charge in [0.2, 0.25) is 0 Å². The van der Waals surface area contributed by atoms with Crippen LogP contribution in [0.3, 0.4) is 0 Å². The van der Waals surface area contributed by atoms with Gasteiger partial charge < -0.3 is 0 Å². The van der Waals surface area contributed by atoms with E-state index in [1.165, 1.54) is 9.80 Å². The van der Waals surface area contributed by atoms with Gasteiger partial charge in [-0.25, -0.2) is 9.80 Å². The molecule has 4 amide bonds. The first-order valence-electron chi connectivity index (χ1n) is 23.1. The molecule has 12 rings (SSSR count). The van der Waals surface area contributed by atoms with Crippen LogP contribution in [-0.4, -0.2) is 23.6 Å². The molecule has 0 saturated carbocycles. The van der Waals surface area contributed by atoms with Crippen molar-refractivity contribution >= 4 is 174 Å². The number of carbonyl (C=O) groups excluding carboxylic acids is 4. The van der Waals surface area contributed by atoms with Crippen molar-refractivity contribution in [1.29, 1.82) is 0 Å². The van der Waals surface area contributed by atoms with Crippen LogP contribution in [-0.2, 0) is 0 Å². The molecule has 0 radical (unpaired) electrons. The van der Waals surface area contributed by atoms with Gasteiger partial charge >= 0.3 is 0 Å². The second kappa shape index (κ2) is 15.1. The number of hydrogen-bond acceptors (Lipinski definition) is 4. The number of nitrogens with zero attached hydrogens (tertiary/aromatic N) is 2. The lowest BCUT2D eigenvalue weighted by molar-refractivity contribution is 0.0877. The van der Waals surface area contributed by atoms with Gasteiger partial charge in [0.25, 0.3) is 23.6 Å². The Hall–Kier alpha value is -5.26. The van der Waals surface area contributed by atoms with E-state index in [1.807, 2.05) is 60.7 Å². The minimum Gasteiger partial charge on any atom is -0.268 e. The summed E-state index contributed by atoms with van der Waals surface area (Å²) in [7, 11) is 0. The van der Waals surface area contributed by atoms with Crippen molar-refractivity contribution < 1.29 is 19.2 Å². The fourth-order valence-corrected chi connectivity index (χ4v) is 14.4. The van der Waals surface area contributed by atoms with Crippen molar-refractivity contribution in [2.45, 2.75) is 79.1 Å². The average Bonchev–Trinajstić information content (AvgIpc) is 3.29. The van der Waals surface area contributed by atoms with Gasteiger partial charge in [-0.2, -0.15) is 0 Å². The first kappa shape index (κ1) is 44.0. The van der Waals surface area contributed by atoms with Crippen LogP contribution in [0.5, 0.6) is 0 Å². The Bertz CT molecular complexity index is 3530. The second-order valence-electron chi connectivity index (χ2n) is 19.8. The summed E-state index contributed by atoms with van der Waals surface area (Å²) in [5.41, 5.74) is 7.03. The highest BCUT2D eigenvalue weighted by Crippen LogP contribution is 2.55. The normalized spacial score (nSPS) is 14.5. The lowest BCUT2D eigenvalue weighted by atomic mass is 9.80. The van der Waals surface area contributed by atoms with Crippen LogP contribution in [0.1, 0.15) is 143 Å². The molecule has 0 bridgehead atoms. The van der Waals surface area contributed by atoms with Gasteiger partial charge in [-0.3, -0.25) is 19.2 Å². The molecular weight excluding hydrogens is 1110 g/mol. The molecule has 2 heterocycles. The summed E-state index contributed by atoms with van der Waals surface area (Å²) in [5.74, 6) is -1.07. The molecule has 0 spiro atoms. The minimum atomic E-state index is -0.343. The number of rotatable bonds is 6. The smallest absolute Gasteiger partial charge is 0.266 e. The molecule has 0 atom stereocenters. The van der Waals surface area contributed by atoms with Gasteiger partial charge in [0.1, 0.15) is 0 Å². The Morgan fingerprint density at radius 1 is 0.324 bits per heavy atom. The molecule has 2 aliphatic heterocycles. The molecule has 0 unspecified atom stereocenters. The van der Waals surface area contributed by atoms with E-state index >= 15 is 19.2 Å². The molecular formula is C58H42Br4N2O4. The molecule has 10 heteroatoms. The van der Waals surface area contributed by atoms with Crippen LogP contribution in [0.15, 0.2) is 103 Å². The van der Waals surface area contributed by atoms with Crippen molar-refractivity contribution in [2.75, 3.05) is 9.80 Å². The van der Waals surface area contributed by atoms with Gasteiger partial charge in [0, 0.05) is 61.0 Å². The molecule has 0 aromatic heterocycles. The summed E-state index contributed by atoms with van der Waals surface area (Å²) in [4.78, 5) is 63.2. The van der Waals surface area contributed by atoms with Gasteiger partial charge in [-0.15, -0.1) is 0 Å². The van der Waals surface area contributed by atoms with Gasteiger partial charge in [0.05, 0.1) is 33.6 Å². The predicted molar refractivity (Wildman–Crippen MR) is 294 cm³/mol. The minimum absolute atomic E-state index is 0.0744. The second-order valence-corrected chi connectivity index (χ2v) is 23.2. The van der Waals surface area contributed by atoms with Gasteiger partial charge in [-0.1, -0.05) is 180 Å². The number of benzene rings is 10. The SMILES string of the molecule is CC(C)c1cccc(C(C)C)c1N1C(=O)c2cc(Br)c3c4ccc5c6c(Br)cc7c8c(cc(Br)c(c9ccc(c%10c(Br)cc(c2c3%10)C1=O)c4c59)c86)C(=O)N(c1c(C(C)C)cccc1C(C)C)C7=O. The predicted octanol–water partition coefficient (Wildman–Crippen LogP) is 17.8. The molecule has 2 aliphatic rings. The van der Waals surface area contributed by atoms with Gasteiger partial charge in [0.15, 0.2) is 0 Å². The molecule has 0 saturated heterocycles. The summed E-state index contributed by atoms with van der Waals surface area (Å²) in [6.07, 6.45) is 0. The van der Waals surface area contributed by atoms with Crippen LogP contribution in [0, 0.1) is 0 Å². The third-order valence-corrected chi connectivity index (χ3v) is 17.2. The number of anilines is 2. The fourth-order valence-electron chi connectivity index (χ4n) is 11.8. The highest BCUT2D eigenvalue weighted by Gasteiger charge is 2.41. The number of imide groups is 2. The summed E-state index contributed by atoms with van der Waals surface area (Å²) < 4.78 is 3.00. The van der Waals surface area contributed by atoms with E-state index in [9.17, 15) is 0 Å². The number of amides is 4. The first-order chi connectivity index (χ1) is 32.4. The molecule has 0 aliphatic carbocycles. The van der Waals surface area contributed by atoms with E-state index < -0.39 is 0 Å². The van der Waals surface area contributed by atoms with E-state index in [-0.39, 0.29) is 47.3 Å². The standard InChI is InChI=1S/C58H42Br4N2O4/c1-23(2)27-11-9-12-28(24(3)4)53(27)63-55(65)35-19-39(59)47-31-15-17-33-44-34(18-16-32(43(31)44)48-40(60)20-36(56(63)66)45(35)51(47)48)50-42(62)22-38-46-37(21-41(61)49(33)52(46)50)57(67)64(58(38)68)54-29(25(5)6)13-10-14-30(54)26(7)8/h9-26H,1-8H3. The van der Waals surface area contributed by atoms with Crippen LogP contribution >= 0.6 is 63.7 Å². The first-order valence-corrected chi connectivity index (χ1v) is 26.2. The number of carbonyl (C=O) groups is 4. The van der Waals surface area contributed by atoms with Crippen molar-refractivity contribution in [3.8, 4) is 0 Å². The zero-order chi connectivity index (χ0) is 47.8. The summed E-state index contributed by atoms with van der Waals surface area (Å²) in [5, 5.41) is 12.5. The van der Waals surface area contributed by atoms with Crippen molar-refractivity contribution in [1.82, 2.24) is 0 Å². The molecule has 6 nitrogen and oxygen atoms in total. The monoisotopic (exact) mass is 1150 g/mol. The maximum atomic E-state index is 15.1.